The molecule has 2 atom stereocenters. The molecule has 0 saturated carbocycles. The smallest absolute Gasteiger partial charge is 0.393 e. The van der Waals surface area contributed by atoms with Crippen molar-refractivity contribution in [3.8, 4) is 0 Å². The number of benzene rings is 2. The van der Waals surface area contributed by atoms with E-state index < -0.39 is 24.0 Å². The predicted molar refractivity (Wildman–Crippen MR) is 138 cm³/mol. The minimum atomic E-state index is -4.35. The lowest BCUT2D eigenvalue weighted by Gasteiger charge is -2.39. The molecule has 0 aliphatic carbocycles. The Morgan fingerprint density at radius 1 is 1.05 bits per heavy atom. The van der Waals surface area contributed by atoms with Crippen LogP contribution in [0, 0.1) is 5.92 Å². The van der Waals surface area contributed by atoms with Gasteiger partial charge in [-0.15, -0.1) is 0 Å². The van der Waals surface area contributed by atoms with Crippen LogP contribution in [0.4, 0.5) is 35.9 Å². The van der Waals surface area contributed by atoms with Gasteiger partial charge in [-0.1, -0.05) is 6.07 Å². The summed E-state index contributed by atoms with van der Waals surface area (Å²) in [4.78, 5) is 21.2. The summed E-state index contributed by atoms with van der Waals surface area (Å²) in [5, 5.41) is 4.55. The van der Waals surface area contributed by atoms with Crippen molar-refractivity contribution in [1.82, 2.24) is 4.98 Å². The molecule has 0 unspecified atom stereocenters. The molecular formula is C26H29F3N6O2. The molecule has 37 heavy (non-hydrogen) atoms. The predicted octanol–water partition coefficient (Wildman–Crippen LogP) is 3.62. The Morgan fingerprint density at radius 2 is 1.84 bits per heavy atom. The zero-order valence-electron chi connectivity index (χ0n) is 20.2. The number of ether oxygens (including phenoxy) is 1. The number of anilines is 4. The molecule has 0 bridgehead atoms. The standard InChI is InChI=1S/C26H29F3N6O2/c27-26(28,29)18-12-19(30)15-35(14-18)24-3-4-32-13-23(24)33-25(36)21-10-17-9-20(34-5-7-37-8-6-34)2-1-16(17)11-22(21)31/h1-4,9-11,13,18-19H,5-8,12,14-15,30-31H2,(H,33,36)/t18-,19+/m1/s1. The molecule has 5 N–H and O–H groups in total. The van der Waals surface area contributed by atoms with Crippen LogP contribution in [0.5, 0.6) is 0 Å². The second-order valence-corrected chi connectivity index (χ2v) is 9.56. The van der Waals surface area contributed by atoms with E-state index >= 15 is 0 Å². The van der Waals surface area contributed by atoms with Crippen molar-refractivity contribution in [2.75, 3.05) is 60.2 Å². The van der Waals surface area contributed by atoms with Crippen molar-refractivity contribution in [2.45, 2.75) is 18.6 Å². The maximum absolute atomic E-state index is 13.5. The summed E-state index contributed by atoms with van der Waals surface area (Å²) < 4.78 is 45.8. The van der Waals surface area contributed by atoms with E-state index in [9.17, 15) is 18.0 Å². The van der Waals surface area contributed by atoms with Gasteiger partial charge in [0.05, 0.1) is 42.3 Å². The first-order valence-corrected chi connectivity index (χ1v) is 12.2. The lowest BCUT2D eigenvalue weighted by atomic mass is 9.93. The fourth-order valence-corrected chi connectivity index (χ4v) is 5.04. The number of rotatable bonds is 4. The summed E-state index contributed by atoms with van der Waals surface area (Å²) in [6.07, 6.45) is -1.59. The van der Waals surface area contributed by atoms with Gasteiger partial charge in [-0.25, -0.2) is 0 Å². The number of nitrogens with two attached hydrogens (primary N) is 2. The van der Waals surface area contributed by atoms with Gasteiger partial charge in [0.1, 0.15) is 0 Å². The van der Waals surface area contributed by atoms with Crippen LogP contribution in [0.1, 0.15) is 16.8 Å². The van der Waals surface area contributed by atoms with Crippen LogP contribution in [-0.2, 0) is 4.74 Å². The quantitative estimate of drug-likeness (QED) is 0.456. The Kier molecular flexibility index (Phi) is 6.82. The molecular weight excluding hydrogens is 485 g/mol. The van der Waals surface area contributed by atoms with Crippen molar-refractivity contribution in [2.24, 2.45) is 11.7 Å². The Balaban J connectivity index is 1.41. The molecule has 2 aliphatic heterocycles. The number of fused-ring (bicyclic) bond motifs is 1. The number of amides is 1. The van der Waals surface area contributed by atoms with Crippen LogP contribution in [-0.4, -0.2) is 62.5 Å². The highest BCUT2D eigenvalue weighted by molar-refractivity contribution is 6.11. The molecule has 2 aliphatic rings. The van der Waals surface area contributed by atoms with Gasteiger partial charge < -0.3 is 31.3 Å². The van der Waals surface area contributed by atoms with Gasteiger partial charge in [0, 0.05) is 49.8 Å². The van der Waals surface area contributed by atoms with Crippen molar-refractivity contribution in [3.05, 3.63) is 54.4 Å². The van der Waals surface area contributed by atoms with Gasteiger partial charge in [-0.05, 0) is 47.5 Å². The first-order chi connectivity index (χ1) is 17.7. The average Bonchev–Trinajstić information content (AvgIpc) is 2.88. The number of pyridine rings is 1. The third kappa shape index (κ3) is 5.42. The maximum atomic E-state index is 13.5. The van der Waals surface area contributed by atoms with Crippen LogP contribution < -0.4 is 26.6 Å². The second-order valence-electron chi connectivity index (χ2n) is 9.56. The first-order valence-electron chi connectivity index (χ1n) is 12.2. The van der Waals surface area contributed by atoms with E-state index in [1.807, 2.05) is 18.2 Å². The number of nitrogen functional groups attached to an aromatic ring is 1. The van der Waals surface area contributed by atoms with Crippen LogP contribution in [0.3, 0.4) is 0 Å². The van der Waals surface area contributed by atoms with Gasteiger partial charge in [-0.2, -0.15) is 13.2 Å². The molecule has 11 heteroatoms. The van der Waals surface area contributed by atoms with E-state index in [1.54, 1.807) is 23.1 Å². The number of morpholine rings is 1. The molecule has 0 radical (unpaired) electrons. The molecule has 8 nitrogen and oxygen atoms in total. The molecule has 1 aromatic heterocycles. The molecule has 3 heterocycles. The van der Waals surface area contributed by atoms with E-state index in [0.717, 1.165) is 29.5 Å². The van der Waals surface area contributed by atoms with Crippen molar-refractivity contribution in [1.29, 1.82) is 0 Å². The molecule has 0 spiro atoms. The molecule has 196 valence electrons. The summed E-state index contributed by atoms with van der Waals surface area (Å²) in [5.74, 6) is -2.02. The fourth-order valence-electron chi connectivity index (χ4n) is 5.04. The Bertz CT molecular complexity index is 1300. The molecule has 2 fully saturated rings. The maximum Gasteiger partial charge on any atom is 0.393 e. The Labute approximate surface area is 212 Å². The highest BCUT2D eigenvalue weighted by Gasteiger charge is 2.44. The van der Waals surface area contributed by atoms with Gasteiger partial charge in [-0.3, -0.25) is 9.78 Å². The lowest BCUT2D eigenvalue weighted by molar-refractivity contribution is -0.177. The zero-order valence-corrected chi connectivity index (χ0v) is 20.2. The van der Waals surface area contributed by atoms with Crippen LogP contribution in [0.2, 0.25) is 0 Å². The highest BCUT2D eigenvalue weighted by atomic mass is 19.4. The summed E-state index contributed by atoms with van der Waals surface area (Å²) in [5.41, 5.74) is 14.5. The van der Waals surface area contributed by atoms with Crippen LogP contribution in [0.15, 0.2) is 48.8 Å². The number of alkyl halides is 3. The summed E-state index contributed by atoms with van der Waals surface area (Å²) in [6.45, 7) is 2.88. The van der Waals surface area contributed by atoms with E-state index in [0.29, 0.717) is 30.3 Å². The number of hydrogen-bond donors (Lipinski definition) is 3. The topological polar surface area (TPSA) is 110 Å². The third-order valence-corrected chi connectivity index (χ3v) is 6.95. The number of halogens is 3. The summed E-state index contributed by atoms with van der Waals surface area (Å²) >= 11 is 0. The number of piperidine rings is 1. The molecule has 1 amide bonds. The van der Waals surface area contributed by atoms with Crippen LogP contribution >= 0.6 is 0 Å². The number of nitrogens with zero attached hydrogens (tertiary/aromatic N) is 3. The zero-order chi connectivity index (χ0) is 26.2. The van der Waals surface area contributed by atoms with E-state index in [-0.39, 0.29) is 25.1 Å². The summed E-state index contributed by atoms with van der Waals surface area (Å²) in [6, 6.07) is 10.4. The van der Waals surface area contributed by atoms with Gasteiger partial charge in [0.2, 0.25) is 0 Å². The van der Waals surface area contributed by atoms with Gasteiger partial charge in [0.25, 0.3) is 5.91 Å². The number of nitrogens with one attached hydrogen (secondary N) is 1. The third-order valence-electron chi connectivity index (χ3n) is 6.95. The largest absolute Gasteiger partial charge is 0.398 e. The number of carbonyl (C=O) groups is 1. The van der Waals surface area contributed by atoms with Crippen molar-refractivity contribution >= 4 is 39.4 Å². The SMILES string of the molecule is Nc1cc2ccc(N3CCOCC3)cc2cc1C(=O)Nc1cnccc1N1C[C@@H](N)C[C@@H](C(F)(F)F)C1. The summed E-state index contributed by atoms with van der Waals surface area (Å²) in [7, 11) is 0. The first kappa shape index (κ1) is 25.1. The Hall–Kier alpha value is -3.57. The molecule has 5 rings (SSSR count). The normalized spacial score (nSPS) is 20.8. The average molecular weight is 515 g/mol. The van der Waals surface area contributed by atoms with E-state index in [1.165, 1.54) is 12.4 Å². The van der Waals surface area contributed by atoms with Gasteiger partial charge >= 0.3 is 6.18 Å². The fraction of sp³-hybridized carbons (Fsp3) is 0.385. The van der Waals surface area contributed by atoms with Gasteiger partial charge in [0.15, 0.2) is 0 Å². The second kappa shape index (κ2) is 10.1. The number of carbonyl (C=O) groups excluding carboxylic acids is 1. The van der Waals surface area contributed by atoms with Crippen molar-refractivity contribution < 1.29 is 22.7 Å². The number of hydrogen-bond acceptors (Lipinski definition) is 7. The minimum Gasteiger partial charge on any atom is -0.398 e. The molecule has 2 saturated heterocycles. The van der Waals surface area contributed by atoms with Crippen molar-refractivity contribution in [3.63, 3.8) is 0 Å². The molecule has 2 aromatic carbocycles. The monoisotopic (exact) mass is 514 g/mol. The minimum absolute atomic E-state index is 0.132. The lowest BCUT2D eigenvalue weighted by Crippen LogP contribution is -2.51. The Morgan fingerprint density at radius 3 is 2.59 bits per heavy atom. The van der Waals surface area contributed by atoms with E-state index in [2.05, 4.69) is 15.2 Å². The van der Waals surface area contributed by atoms with E-state index in [4.69, 9.17) is 16.2 Å². The number of aromatic nitrogens is 1. The molecule has 3 aromatic rings. The van der Waals surface area contributed by atoms with Crippen LogP contribution in [0.25, 0.3) is 10.8 Å². The highest BCUT2D eigenvalue weighted by Crippen LogP contribution is 2.37.